The number of morpholine rings is 1. The number of ether oxygens (including phenoxy) is 1. The van der Waals surface area contributed by atoms with Crippen LogP contribution in [0.2, 0.25) is 0 Å². The molecule has 2 fully saturated rings. The van der Waals surface area contributed by atoms with Crippen molar-refractivity contribution in [3.63, 3.8) is 0 Å². The third-order valence-electron chi connectivity index (χ3n) is 6.70. The van der Waals surface area contributed by atoms with Crippen molar-refractivity contribution in [1.29, 1.82) is 0 Å². The number of nitrogens with one attached hydrogen (secondary N) is 1. The highest BCUT2D eigenvalue weighted by Crippen LogP contribution is 2.23. The number of amides is 1. The van der Waals surface area contributed by atoms with E-state index in [9.17, 15) is 4.79 Å². The van der Waals surface area contributed by atoms with Crippen molar-refractivity contribution in [2.45, 2.75) is 70.4 Å². The Kier molecular flexibility index (Phi) is 7.82. The third kappa shape index (κ3) is 5.86. The predicted molar refractivity (Wildman–Crippen MR) is 122 cm³/mol. The molecule has 5 nitrogen and oxygen atoms in total. The number of hydrogen-bond donors (Lipinski definition) is 1. The van der Waals surface area contributed by atoms with Gasteiger partial charge in [-0.2, -0.15) is 0 Å². The normalized spacial score (nSPS) is 19.1. The van der Waals surface area contributed by atoms with Crippen LogP contribution in [0.4, 0.5) is 0 Å². The minimum atomic E-state index is 0.234. The van der Waals surface area contributed by atoms with Crippen LogP contribution in [-0.4, -0.2) is 54.3 Å². The van der Waals surface area contributed by atoms with E-state index in [1.807, 2.05) is 0 Å². The molecule has 164 valence electrons. The van der Waals surface area contributed by atoms with Gasteiger partial charge < -0.3 is 14.6 Å². The molecule has 30 heavy (non-hydrogen) atoms. The Morgan fingerprint density at radius 1 is 1.03 bits per heavy atom. The number of aromatic nitrogens is 1. The molecular formula is C25H37N3O2. The highest BCUT2D eigenvalue weighted by atomic mass is 16.5. The maximum absolute atomic E-state index is 12.4. The van der Waals surface area contributed by atoms with Gasteiger partial charge in [-0.15, -0.1) is 0 Å². The monoisotopic (exact) mass is 411 g/mol. The number of fused-ring (bicyclic) bond motifs is 1. The Bertz CT molecular complexity index is 802. The van der Waals surface area contributed by atoms with E-state index < -0.39 is 0 Å². The standard InChI is InChI=1S/C25H37N3O2/c29-25(26-22-9-3-1-2-4-10-22)13-7-8-21-20-28(24-12-6-5-11-23(21)24)15-14-27-16-18-30-19-17-27/h5-6,11-12,20,22H,1-4,7-10,13-19H2,(H,26,29). The van der Waals surface area contributed by atoms with E-state index in [0.717, 1.165) is 65.1 Å². The number of aryl methyl sites for hydroxylation is 1. The Morgan fingerprint density at radius 2 is 1.80 bits per heavy atom. The molecule has 0 radical (unpaired) electrons. The zero-order valence-electron chi connectivity index (χ0n) is 18.3. The zero-order chi connectivity index (χ0) is 20.6. The van der Waals surface area contributed by atoms with Gasteiger partial charge in [0.1, 0.15) is 0 Å². The van der Waals surface area contributed by atoms with Crippen LogP contribution in [0, 0.1) is 0 Å². The van der Waals surface area contributed by atoms with E-state index in [0.29, 0.717) is 12.5 Å². The Morgan fingerprint density at radius 3 is 2.60 bits per heavy atom. The van der Waals surface area contributed by atoms with Crippen LogP contribution in [-0.2, 0) is 22.5 Å². The highest BCUT2D eigenvalue weighted by Gasteiger charge is 2.15. The van der Waals surface area contributed by atoms with Crippen LogP contribution in [0.25, 0.3) is 10.9 Å². The Balaban J connectivity index is 1.30. The second kappa shape index (κ2) is 11.0. The summed E-state index contributed by atoms with van der Waals surface area (Å²) in [6.07, 6.45) is 12.3. The van der Waals surface area contributed by atoms with Gasteiger partial charge in [0.15, 0.2) is 0 Å². The minimum Gasteiger partial charge on any atom is -0.379 e. The maximum Gasteiger partial charge on any atom is 0.220 e. The van der Waals surface area contributed by atoms with Crippen molar-refractivity contribution in [3.05, 3.63) is 36.0 Å². The SMILES string of the molecule is O=C(CCCc1cn(CCN2CCOCC2)c2ccccc12)NC1CCCCCC1. The summed E-state index contributed by atoms with van der Waals surface area (Å²) in [6, 6.07) is 9.09. The topological polar surface area (TPSA) is 46.5 Å². The van der Waals surface area contributed by atoms with Gasteiger partial charge in [-0.3, -0.25) is 9.69 Å². The van der Waals surface area contributed by atoms with Crippen LogP contribution < -0.4 is 5.32 Å². The van der Waals surface area contributed by atoms with Crippen molar-refractivity contribution < 1.29 is 9.53 Å². The summed E-state index contributed by atoms with van der Waals surface area (Å²) in [4.78, 5) is 14.9. The molecule has 0 atom stereocenters. The van der Waals surface area contributed by atoms with E-state index >= 15 is 0 Å². The molecular weight excluding hydrogens is 374 g/mol. The lowest BCUT2D eigenvalue weighted by molar-refractivity contribution is -0.121. The fourth-order valence-corrected chi connectivity index (χ4v) is 4.94. The molecule has 0 bridgehead atoms. The summed E-state index contributed by atoms with van der Waals surface area (Å²) in [7, 11) is 0. The van der Waals surface area contributed by atoms with Crippen LogP contribution in [0.15, 0.2) is 30.5 Å². The third-order valence-corrected chi connectivity index (χ3v) is 6.70. The van der Waals surface area contributed by atoms with E-state index in [1.165, 1.54) is 42.1 Å². The van der Waals surface area contributed by atoms with Crippen LogP contribution in [0.3, 0.4) is 0 Å². The van der Waals surface area contributed by atoms with Gasteiger partial charge in [-0.1, -0.05) is 43.9 Å². The first kappa shape index (κ1) is 21.4. The molecule has 1 aliphatic carbocycles. The maximum atomic E-state index is 12.4. The summed E-state index contributed by atoms with van der Waals surface area (Å²) in [5.41, 5.74) is 2.68. The molecule has 1 aliphatic heterocycles. The van der Waals surface area contributed by atoms with E-state index in [-0.39, 0.29) is 5.91 Å². The number of benzene rings is 1. The second-order valence-electron chi connectivity index (χ2n) is 8.93. The number of carbonyl (C=O) groups is 1. The van der Waals surface area contributed by atoms with Crippen molar-refractivity contribution in [2.24, 2.45) is 0 Å². The van der Waals surface area contributed by atoms with E-state index in [2.05, 4.69) is 45.2 Å². The first-order valence-electron chi connectivity index (χ1n) is 12.0. The molecule has 0 unspecified atom stereocenters. The first-order chi connectivity index (χ1) is 14.8. The number of hydrogen-bond acceptors (Lipinski definition) is 3. The van der Waals surface area contributed by atoms with Gasteiger partial charge >= 0.3 is 0 Å². The van der Waals surface area contributed by atoms with Gasteiger partial charge in [0.2, 0.25) is 5.91 Å². The minimum absolute atomic E-state index is 0.234. The fourth-order valence-electron chi connectivity index (χ4n) is 4.94. The summed E-state index contributed by atoms with van der Waals surface area (Å²) in [6.45, 7) is 5.82. The summed E-state index contributed by atoms with van der Waals surface area (Å²) in [5, 5.41) is 4.62. The summed E-state index contributed by atoms with van der Waals surface area (Å²) >= 11 is 0. The molecule has 5 heteroatoms. The number of nitrogens with zero attached hydrogens (tertiary/aromatic N) is 2. The number of rotatable bonds is 8. The van der Waals surface area contributed by atoms with Gasteiger partial charge in [-0.25, -0.2) is 0 Å². The molecule has 0 spiro atoms. The van der Waals surface area contributed by atoms with Crippen molar-refractivity contribution in [2.75, 3.05) is 32.8 Å². The summed E-state index contributed by atoms with van der Waals surface area (Å²) in [5.74, 6) is 0.234. The van der Waals surface area contributed by atoms with E-state index in [4.69, 9.17) is 4.74 Å². The lowest BCUT2D eigenvalue weighted by Gasteiger charge is -2.26. The van der Waals surface area contributed by atoms with Crippen LogP contribution >= 0.6 is 0 Å². The molecule has 2 aliphatic rings. The second-order valence-corrected chi connectivity index (χ2v) is 8.93. The van der Waals surface area contributed by atoms with Crippen molar-refractivity contribution >= 4 is 16.8 Å². The first-order valence-corrected chi connectivity index (χ1v) is 12.0. The van der Waals surface area contributed by atoms with Gasteiger partial charge in [0.25, 0.3) is 0 Å². The molecule has 4 rings (SSSR count). The number of carbonyl (C=O) groups excluding carboxylic acids is 1. The quantitative estimate of drug-likeness (QED) is 0.664. The predicted octanol–water partition coefficient (Wildman–Crippen LogP) is 4.14. The average Bonchev–Trinajstić information content (AvgIpc) is 2.93. The fraction of sp³-hybridized carbons (Fsp3) is 0.640. The lowest BCUT2D eigenvalue weighted by atomic mass is 10.1. The summed E-state index contributed by atoms with van der Waals surface area (Å²) < 4.78 is 7.86. The number of para-hydroxylation sites is 1. The molecule has 1 aromatic carbocycles. The zero-order valence-corrected chi connectivity index (χ0v) is 18.3. The highest BCUT2D eigenvalue weighted by molar-refractivity contribution is 5.84. The Hall–Kier alpha value is -1.85. The molecule has 2 heterocycles. The average molecular weight is 412 g/mol. The molecule has 1 aromatic heterocycles. The van der Waals surface area contributed by atoms with E-state index in [1.54, 1.807) is 0 Å². The largest absolute Gasteiger partial charge is 0.379 e. The molecule has 2 aromatic rings. The molecule has 1 saturated carbocycles. The van der Waals surface area contributed by atoms with Crippen molar-refractivity contribution in [1.82, 2.24) is 14.8 Å². The lowest BCUT2D eigenvalue weighted by Crippen LogP contribution is -2.38. The van der Waals surface area contributed by atoms with Gasteiger partial charge in [0.05, 0.1) is 13.2 Å². The Labute approximate surface area is 180 Å². The van der Waals surface area contributed by atoms with Crippen LogP contribution in [0.1, 0.15) is 56.9 Å². The van der Waals surface area contributed by atoms with Gasteiger partial charge in [-0.05, 0) is 37.3 Å². The molecule has 1 amide bonds. The van der Waals surface area contributed by atoms with Gasteiger partial charge in [0, 0.05) is 55.7 Å². The molecule has 1 N–H and O–H groups in total. The molecule has 1 saturated heterocycles. The van der Waals surface area contributed by atoms with Crippen LogP contribution in [0.5, 0.6) is 0 Å². The van der Waals surface area contributed by atoms with Crippen molar-refractivity contribution in [3.8, 4) is 0 Å². The smallest absolute Gasteiger partial charge is 0.220 e.